The lowest BCUT2D eigenvalue weighted by Crippen LogP contribution is -2.55. The molecule has 0 atom stereocenters. The predicted octanol–water partition coefficient (Wildman–Crippen LogP) is 4.14. The number of aromatic nitrogens is 3. The van der Waals surface area contributed by atoms with Crippen LogP contribution in [0.2, 0.25) is 0 Å². The Morgan fingerprint density at radius 3 is 2.73 bits per heavy atom. The standard InChI is InChI=1S/C17H13F2N5S2/c1-24(16-23-22-15(26-16)13-5-4-11(9-20)25-13)17(7-10(18)8-17)14-12(19)3-2-6-21-14/h2-6,10H,7-8H2,1H3. The fourth-order valence-electron chi connectivity index (χ4n) is 3.17. The van der Waals surface area contributed by atoms with Crippen LogP contribution >= 0.6 is 22.7 Å². The Balaban J connectivity index is 1.69. The third-order valence-corrected chi connectivity index (χ3v) is 6.75. The SMILES string of the molecule is CN(c1nnc(-c2ccc(C#N)s2)s1)C1(c2ncccc2F)CC(F)C1. The van der Waals surface area contributed by atoms with Gasteiger partial charge in [0.1, 0.15) is 28.6 Å². The van der Waals surface area contributed by atoms with Crippen LogP contribution in [0, 0.1) is 17.1 Å². The van der Waals surface area contributed by atoms with Crippen molar-refractivity contribution in [3.63, 3.8) is 0 Å². The highest BCUT2D eigenvalue weighted by Gasteiger charge is 2.52. The van der Waals surface area contributed by atoms with Gasteiger partial charge in [-0.2, -0.15) is 5.26 Å². The maximum Gasteiger partial charge on any atom is 0.209 e. The van der Waals surface area contributed by atoms with E-state index >= 15 is 0 Å². The van der Waals surface area contributed by atoms with Crippen LogP contribution in [0.5, 0.6) is 0 Å². The second-order valence-corrected chi connectivity index (χ2v) is 8.14. The Morgan fingerprint density at radius 1 is 1.27 bits per heavy atom. The lowest BCUT2D eigenvalue weighted by atomic mass is 9.71. The molecule has 0 aromatic carbocycles. The van der Waals surface area contributed by atoms with Crippen LogP contribution in [-0.2, 0) is 5.54 Å². The number of nitriles is 1. The average molecular weight is 389 g/mol. The first-order chi connectivity index (χ1) is 12.5. The summed E-state index contributed by atoms with van der Waals surface area (Å²) < 4.78 is 28.1. The largest absolute Gasteiger partial charge is 0.338 e. The normalized spacial score (nSPS) is 21.8. The topological polar surface area (TPSA) is 65.7 Å². The molecule has 0 unspecified atom stereocenters. The van der Waals surface area contributed by atoms with E-state index in [4.69, 9.17) is 5.26 Å². The van der Waals surface area contributed by atoms with Crippen molar-refractivity contribution >= 4 is 27.8 Å². The number of alkyl halides is 1. The first-order valence-electron chi connectivity index (χ1n) is 7.86. The van der Waals surface area contributed by atoms with Crippen molar-refractivity contribution in [1.82, 2.24) is 15.2 Å². The van der Waals surface area contributed by atoms with Crippen molar-refractivity contribution in [3.05, 3.63) is 46.9 Å². The van der Waals surface area contributed by atoms with Crippen molar-refractivity contribution < 1.29 is 8.78 Å². The molecule has 0 saturated heterocycles. The van der Waals surface area contributed by atoms with E-state index in [1.807, 2.05) is 6.07 Å². The van der Waals surface area contributed by atoms with Crippen molar-refractivity contribution in [2.45, 2.75) is 24.6 Å². The van der Waals surface area contributed by atoms with E-state index in [1.165, 1.54) is 41.0 Å². The highest BCUT2D eigenvalue weighted by Crippen LogP contribution is 2.50. The third kappa shape index (κ3) is 2.66. The minimum Gasteiger partial charge on any atom is -0.338 e. The molecule has 26 heavy (non-hydrogen) atoms. The molecule has 0 bridgehead atoms. The van der Waals surface area contributed by atoms with Crippen LogP contribution in [0.1, 0.15) is 23.4 Å². The lowest BCUT2D eigenvalue weighted by molar-refractivity contribution is 0.0870. The number of anilines is 1. The zero-order chi connectivity index (χ0) is 18.3. The summed E-state index contributed by atoms with van der Waals surface area (Å²) in [7, 11) is 1.76. The van der Waals surface area contributed by atoms with Gasteiger partial charge in [-0.3, -0.25) is 4.98 Å². The van der Waals surface area contributed by atoms with E-state index < -0.39 is 17.5 Å². The summed E-state index contributed by atoms with van der Waals surface area (Å²) in [6, 6.07) is 8.50. The van der Waals surface area contributed by atoms with Crippen LogP contribution in [0.25, 0.3) is 9.88 Å². The van der Waals surface area contributed by atoms with Gasteiger partial charge in [-0.15, -0.1) is 21.5 Å². The summed E-state index contributed by atoms with van der Waals surface area (Å²) in [5, 5.41) is 18.6. The van der Waals surface area contributed by atoms with Crippen molar-refractivity contribution in [3.8, 4) is 16.0 Å². The van der Waals surface area contributed by atoms with Gasteiger partial charge in [-0.05, 0) is 24.3 Å². The van der Waals surface area contributed by atoms with E-state index in [1.54, 1.807) is 18.0 Å². The molecule has 9 heteroatoms. The molecule has 3 heterocycles. The van der Waals surface area contributed by atoms with Gasteiger partial charge >= 0.3 is 0 Å². The molecule has 0 amide bonds. The third-order valence-electron chi connectivity index (χ3n) is 4.59. The Hall–Kier alpha value is -2.44. The summed E-state index contributed by atoms with van der Waals surface area (Å²) in [4.78, 5) is 7.38. The second kappa shape index (κ2) is 6.37. The van der Waals surface area contributed by atoms with Crippen molar-refractivity contribution in [2.24, 2.45) is 0 Å². The molecule has 1 fully saturated rings. The molecule has 5 nitrogen and oxygen atoms in total. The van der Waals surface area contributed by atoms with Crippen LogP contribution in [0.3, 0.4) is 0 Å². The monoisotopic (exact) mass is 389 g/mol. The number of hydrogen-bond donors (Lipinski definition) is 0. The highest BCUT2D eigenvalue weighted by molar-refractivity contribution is 7.23. The molecular weight excluding hydrogens is 376 g/mol. The molecule has 1 saturated carbocycles. The summed E-state index contributed by atoms with van der Waals surface area (Å²) in [6.45, 7) is 0. The van der Waals surface area contributed by atoms with Gasteiger partial charge in [0.25, 0.3) is 0 Å². The molecule has 3 aromatic rings. The smallest absolute Gasteiger partial charge is 0.209 e. The van der Waals surface area contributed by atoms with Gasteiger partial charge in [0.2, 0.25) is 5.13 Å². The number of halogens is 2. The molecule has 1 aliphatic carbocycles. The first kappa shape index (κ1) is 17.0. The maximum atomic E-state index is 14.3. The number of thiophene rings is 1. The van der Waals surface area contributed by atoms with Crippen LogP contribution in [0.4, 0.5) is 13.9 Å². The van der Waals surface area contributed by atoms with E-state index in [-0.39, 0.29) is 18.5 Å². The minimum absolute atomic E-state index is 0.157. The van der Waals surface area contributed by atoms with Gasteiger partial charge < -0.3 is 4.90 Å². The minimum atomic E-state index is -0.998. The van der Waals surface area contributed by atoms with Crippen molar-refractivity contribution in [1.29, 1.82) is 5.26 Å². The van der Waals surface area contributed by atoms with Gasteiger partial charge in [-0.1, -0.05) is 11.3 Å². The summed E-state index contributed by atoms with van der Waals surface area (Å²) in [6.07, 6.45) is 0.829. The fourth-order valence-corrected chi connectivity index (χ4v) is 4.92. The molecule has 1 aliphatic rings. The fraction of sp³-hybridized carbons (Fsp3) is 0.294. The summed E-state index contributed by atoms with van der Waals surface area (Å²) in [5.74, 6) is -0.451. The average Bonchev–Trinajstić information content (AvgIpc) is 3.27. The summed E-state index contributed by atoms with van der Waals surface area (Å²) >= 11 is 2.66. The Bertz CT molecular complexity index is 987. The number of pyridine rings is 1. The highest BCUT2D eigenvalue weighted by atomic mass is 32.1. The van der Waals surface area contributed by atoms with Gasteiger partial charge in [0, 0.05) is 26.1 Å². The Morgan fingerprint density at radius 2 is 2.08 bits per heavy atom. The number of rotatable bonds is 4. The predicted molar refractivity (Wildman–Crippen MR) is 96.3 cm³/mol. The molecule has 3 aromatic heterocycles. The maximum absolute atomic E-state index is 14.3. The first-order valence-corrected chi connectivity index (χ1v) is 9.49. The van der Waals surface area contributed by atoms with Gasteiger partial charge in [0.15, 0.2) is 5.01 Å². The zero-order valence-electron chi connectivity index (χ0n) is 13.7. The van der Waals surface area contributed by atoms with Gasteiger partial charge in [-0.25, -0.2) is 8.78 Å². The van der Waals surface area contributed by atoms with Crippen LogP contribution < -0.4 is 4.90 Å². The molecule has 0 spiro atoms. The van der Waals surface area contributed by atoms with E-state index in [0.717, 1.165) is 4.88 Å². The number of nitrogens with zero attached hydrogens (tertiary/aromatic N) is 5. The van der Waals surface area contributed by atoms with E-state index in [2.05, 4.69) is 21.3 Å². The molecule has 0 aliphatic heterocycles. The van der Waals surface area contributed by atoms with Gasteiger partial charge in [0.05, 0.1) is 10.4 Å². The molecule has 0 N–H and O–H groups in total. The number of hydrogen-bond acceptors (Lipinski definition) is 7. The second-order valence-electron chi connectivity index (χ2n) is 6.10. The van der Waals surface area contributed by atoms with Crippen molar-refractivity contribution in [2.75, 3.05) is 11.9 Å². The molecule has 132 valence electrons. The summed E-state index contributed by atoms with van der Waals surface area (Å²) in [5.41, 5.74) is -0.634. The lowest BCUT2D eigenvalue weighted by Gasteiger charge is -2.49. The Kier molecular flexibility index (Phi) is 4.17. The molecular formula is C17H13F2N5S2. The van der Waals surface area contributed by atoms with Crippen LogP contribution in [-0.4, -0.2) is 28.4 Å². The quantitative estimate of drug-likeness (QED) is 0.671. The van der Waals surface area contributed by atoms with E-state index in [9.17, 15) is 8.78 Å². The van der Waals surface area contributed by atoms with Crippen LogP contribution in [0.15, 0.2) is 30.5 Å². The molecule has 0 radical (unpaired) electrons. The van der Waals surface area contributed by atoms with E-state index in [0.29, 0.717) is 15.0 Å². The zero-order valence-corrected chi connectivity index (χ0v) is 15.3. The Labute approximate surface area is 156 Å². The molecule has 4 rings (SSSR count).